The molecule has 0 saturated heterocycles. The number of carbonyl (C=O) groups is 1. The van der Waals surface area contributed by atoms with E-state index in [4.69, 9.17) is 9.47 Å². The minimum atomic E-state index is -0.211. The number of hydrogen-bond donors (Lipinski definition) is 1. The van der Waals surface area contributed by atoms with Gasteiger partial charge in [0, 0.05) is 11.8 Å². The van der Waals surface area contributed by atoms with E-state index in [1.54, 1.807) is 29.1 Å². The van der Waals surface area contributed by atoms with Crippen LogP contribution in [0.1, 0.15) is 21.6 Å². The Balaban J connectivity index is 1.56. The van der Waals surface area contributed by atoms with E-state index in [1.807, 2.05) is 38.1 Å². The lowest BCUT2D eigenvalue weighted by molar-refractivity contribution is 0.102. The summed E-state index contributed by atoms with van der Waals surface area (Å²) in [5.41, 5.74) is 4.06. The molecule has 3 aromatic rings. The van der Waals surface area contributed by atoms with Gasteiger partial charge in [0.15, 0.2) is 11.5 Å². The highest BCUT2D eigenvalue weighted by Gasteiger charge is 2.17. The monoisotopic (exact) mass is 349 g/mol. The Bertz CT molecular complexity index is 961. The molecule has 0 bridgehead atoms. The van der Waals surface area contributed by atoms with Crippen LogP contribution in [0.15, 0.2) is 48.7 Å². The number of aryl methyl sites for hydroxylation is 1. The van der Waals surface area contributed by atoms with Gasteiger partial charge < -0.3 is 14.8 Å². The van der Waals surface area contributed by atoms with Gasteiger partial charge in [-0.05, 0) is 38.1 Å². The molecule has 0 aliphatic carbocycles. The summed E-state index contributed by atoms with van der Waals surface area (Å²) >= 11 is 0. The highest BCUT2D eigenvalue weighted by molar-refractivity contribution is 6.05. The molecule has 0 unspecified atom stereocenters. The lowest BCUT2D eigenvalue weighted by Crippen LogP contribution is -2.16. The smallest absolute Gasteiger partial charge is 0.259 e. The van der Waals surface area contributed by atoms with Crippen LogP contribution in [0, 0.1) is 13.8 Å². The maximum atomic E-state index is 12.7. The molecule has 0 saturated carbocycles. The van der Waals surface area contributed by atoms with Crippen molar-refractivity contribution in [2.45, 2.75) is 13.8 Å². The van der Waals surface area contributed by atoms with E-state index in [0.29, 0.717) is 36.0 Å². The maximum Gasteiger partial charge on any atom is 0.259 e. The number of nitrogens with one attached hydrogen (secondary N) is 1. The molecule has 132 valence electrons. The summed E-state index contributed by atoms with van der Waals surface area (Å²) in [4.78, 5) is 12.7. The van der Waals surface area contributed by atoms with E-state index in [2.05, 4.69) is 10.4 Å². The fourth-order valence-corrected chi connectivity index (χ4v) is 2.90. The molecule has 6 nitrogen and oxygen atoms in total. The zero-order chi connectivity index (χ0) is 18.1. The molecule has 0 spiro atoms. The Morgan fingerprint density at radius 2 is 1.77 bits per heavy atom. The van der Waals surface area contributed by atoms with Crippen LogP contribution in [0.4, 0.5) is 5.69 Å². The largest absolute Gasteiger partial charge is 0.486 e. The number of carbonyl (C=O) groups excluding carboxylic acids is 1. The van der Waals surface area contributed by atoms with E-state index < -0.39 is 0 Å². The second-order valence-electron chi connectivity index (χ2n) is 6.20. The third kappa shape index (κ3) is 3.01. The van der Waals surface area contributed by atoms with Crippen molar-refractivity contribution in [1.29, 1.82) is 0 Å². The minimum Gasteiger partial charge on any atom is -0.486 e. The van der Waals surface area contributed by atoms with Gasteiger partial charge in [-0.15, -0.1) is 0 Å². The van der Waals surface area contributed by atoms with E-state index >= 15 is 0 Å². The summed E-state index contributed by atoms with van der Waals surface area (Å²) in [5, 5.41) is 7.25. The molecule has 2 heterocycles. The van der Waals surface area contributed by atoms with Crippen molar-refractivity contribution in [3.05, 3.63) is 65.5 Å². The van der Waals surface area contributed by atoms with E-state index in [9.17, 15) is 4.79 Å². The van der Waals surface area contributed by atoms with Crippen LogP contribution in [-0.2, 0) is 0 Å². The molecule has 6 heteroatoms. The van der Waals surface area contributed by atoms with Crippen molar-refractivity contribution in [2.75, 3.05) is 18.5 Å². The van der Waals surface area contributed by atoms with Gasteiger partial charge in [-0.1, -0.05) is 17.7 Å². The lowest BCUT2D eigenvalue weighted by atomic mass is 10.2. The van der Waals surface area contributed by atoms with Gasteiger partial charge in [0.1, 0.15) is 13.2 Å². The second-order valence-corrected chi connectivity index (χ2v) is 6.20. The normalized spacial score (nSPS) is 12.7. The van der Waals surface area contributed by atoms with Crippen molar-refractivity contribution in [2.24, 2.45) is 0 Å². The van der Waals surface area contributed by atoms with Crippen LogP contribution in [0.3, 0.4) is 0 Å². The maximum absolute atomic E-state index is 12.7. The van der Waals surface area contributed by atoms with Crippen LogP contribution < -0.4 is 14.8 Å². The molecule has 0 fully saturated rings. The third-order valence-corrected chi connectivity index (χ3v) is 4.33. The van der Waals surface area contributed by atoms with Gasteiger partial charge in [-0.25, -0.2) is 4.68 Å². The lowest BCUT2D eigenvalue weighted by Gasteiger charge is -2.19. The zero-order valence-corrected chi connectivity index (χ0v) is 14.7. The number of rotatable bonds is 3. The molecular formula is C20H19N3O3. The van der Waals surface area contributed by atoms with Crippen LogP contribution in [0.5, 0.6) is 11.5 Å². The first-order valence-electron chi connectivity index (χ1n) is 8.44. The molecule has 2 aromatic carbocycles. The van der Waals surface area contributed by atoms with Gasteiger partial charge in [-0.2, -0.15) is 5.10 Å². The van der Waals surface area contributed by atoms with Crippen molar-refractivity contribution in [3.63, 3.8) is 0 Å². The van der Waals surface area contributed by atoms with Crippen LogP contribution in [0.25, 0.3) is 5.69 Å². The predicted molar refractivity (Wildman–Crippen MR) is 98.4 cm³/mol. The fraction of sp³-hybridized carbons (Fsp3) is 0.200. The van der Waals surface area contributed by atoms with Gasteiger partial charge in [-0.3, -0.25) is 4.79 Å². The van der Waals surface area contributed by atoms with Crippen LogP contribution in [-0.4, -0.2) is 28.9 Å². The molecule has 1 amide bonds. The van der Waals surface area contributed by atoms with Gasteiger partial charge >= 0.3 is 0 Å². The van der Waals surface area contributed by atoms with Gasteiger partial charge in [0.05, 0.1) is 23.1 Å². The van der Waals surface area contributed by atoms with Crippen LogP contribution in [0.2, 0.25) is 0 Å². The number of benzene rings is 2. The zero-order valence-electron chi connectivity index (χ0n) is 14.7. The summed E-state index contributed by atoms with van der Waals surface area (Å²) in [6.07, 6.45) is 1.59. The average molecular weight is 349 g/mol. The Labute approximate surface area is 151 Å². The predicted octanol–water partition coefficient (Wildman–Crippen LogP) is 3.51. The first kappa shape index (κ1) is 16.2. The number of nitrogens with zero attached hydrogens (tertiary/aromatic N) is 2. The van der Waals surface area contributed by atoms with E-state index in [-0.39, 0.29) is 5.91 Å². The summed E-state index contributed by atoms with van der Waals surface area (Å²) < 4.78 is 12.8. The molecule has 26 heavy (non-hydrogen) atoms. The molecule has 0 radical (unpaired) electrons. The SMILES string of the molecule is Cc1ccc(-n2ncc(C(=O)Nc3ccc4c(c3)OCCO4)c2C)cc1. The minimum absolute atomic E-state index is 0.211. The molecular weight excluding hydrogens is 330 g/mol. The van der Waals surface area contributed by atoms with Gasteiger partial charge in [0.2, 0.25) is 0 Å². The highest BCUT2D eigenvalue weighted by Crippen LogP contribution is 2.32. The number of fused-ring (bicyclic) bond motifs is 1. The summed E-state index contributed by atoms with van der Waals surface area (Å²) in [7, 11) is 0. The quantitative estimate of drug-likeness (QED) is 0.786. The Morgan fingerprint density at radius 1 is 1.04 bits per heavy atom. The first-order chi connectivity index (χ1) is 12.6. The average Bonchev–Trinajstić information content (AvgIpc) is 3.04. The van der Waals surface area contributed by atoms with Crippen molar-refractivity contribution in [1.82, 2.24) is 9.78 Å². The Hall–Kier alpha value is -3.28. The molecule has 1 aliphatic rings. The number of hydrogen-bond acceptors (Lipinski definition) is 4. The first-order valence-corrected chi connectivity index (χ1v) is 8.44. The van der Waals surface area contributed by atoms with Crippen molar-refractivity contribution in [3.8, 4) is 17.2 Å². The van der Waals surface area contributed by atoms with E-state index in [1.165, 1.54) is 5.56 Å². The molecule has 1 aromatic heterocycles. The topological polar surface area (TPSA) is 65.4 Å². The van der Waals surface area contributed by atoms with Crippen molar-refractivity contribution >= 4 is 11.6 Å². The number of anilines is 1. The van der Waals surface area contributed by atoms with Crippen molar-refractivity contribution < 1.29 is 14.3 Å². The highest BCUT2D eigenvalue weighted by atomic mass is 16.6. The second kappa shape index (κ2) is 6.55. The summed E-state index contributed by atoms with van der Waals surface area (Å²) in [6, 6.07) is 13.4. The van der Waals surface area contributed by atoms with E-state index in [0.717, 1.165) is 11.4 Å². The fourth-order valence-electron chi connectivity index (χ4n) is 2.90. The molecule has 1 aliphatic heterocycles. The number of ether oxygens (including phenoxy) is 2. The Morgan fingerprint density at radius 3 is 2.54 bits per heavy atom. The molecule has 1 N–H and O–H groups in total. The number of aromatic nitrogens is 2. The standard InChI is InChI=1S/C20H19N3O3/c1-13-3-6-16(7-4-13)23-14(2)17(12-21-23)20(24)22-15-5-8-18-19(11-15)26-10-9-25-18/h3-8,11-12H,9-10H2,1-2H3,(H,22,24). The third-order valence-electron chi connectivity index (χ3n) is 4.33. The van der Waals surface area contributed by atoms with Crippen LogP contribution >= 0.6 is 0 Å². The Kier molecular flexibility index (Phi) is 4.08. The summed E-state index contributed by atoms with van der Waals surface area (Å²) in [6.45, 7) is 4.96. The van der Waals surface area contributed by atoms with Gasteiger partial charge in [0.25, 0.3) is 5.91 Å². The number of amides is 1. The summed E-state index contributed by atoms with van der Waals surface area (Å²) in [5.74, 6) is 1.12. The molecule has 4 rings (SSSR count). The molecule has 0 atom stereocenters.